The number of aliphatic hydroxyl groups excluding tert-OH is 1. The van der Waals surface area contributed by atoms with Gasteiger partial charge >= 0.3 is 0 Å². The van der Waals surface area contributed by atoms with Gasteiger partial charge in [0.25, 0.3) is 0 Å². The van der Waals surface area contributed by atoms with E-state index in [-0.39, 0.29) is 29.4 Å². The first-order valence-electron chi connectivity index (χ1n) is 9.47. The molecule has 4 heterocycles. The van der Waals surface area contributed by atoms with Crippen molar-refractivity contribution >= 4 is 34.1 Å². The van der Waals surface area contributed by atoms with Crippen molar-refractivity contribution in [3.05, 3.63) is 39.5 Å². The zero-order chi connectivity index (χ0) is 20.8. The van der Waals surface area contributed by atoms with Crippen molar-refractivity contribution < 1.29 is 14.2 Å². The van der Waals surface area contributed by atoms with Gasteiger partial charge in [-0.1, -0.05) is 26.8 Å². The maximum Gasteiger partial charge on any atom is 0.241 e. The van der Waals surface area contributed by atoms with Gasteiger partial charge in [0.1, 0.15) is 11.2 Å². The molecule has 3 aromatic rings. The lowest BCUT2D eigenvalue weighted by atomic mass is 9.88. The van der Waals surface area contributed by atoms with Gasteiger partial charge in [0.15, 0.2) is 5.82 Å². The lowest BCUT2D eigenvalue weighted by Gasteiger charge is -2.28. The number of aromatic nitrogens is 4. The van der Waals surface area contributed by atoms with Crippen LogP contribution in [0.1, 0.15) is 32.8 Å². The van der Waals surface area contributed by atoms with Gasteiger partial charge in [0.2, 0.25) is 5.95 Å². The molecule has 2 atom stereocenters. The number of nitrogens with one attached hydrogen (secondary N) is 1. The molecule has 0 unspecified atom stereocenters. The Balaban J connectivity index is 1.74. The molecule has 0 saturated carbocycles. The maximum absolute atomic E-state index is 14.8. The molecule has 7 nitrogen and oxygen atoms in total. The molecular formula is C20H23FIN5O2. The first-order valence-corrected chi connectivity index (χ1v) is 10.6. The first kappa shape index (κ1) is 20.4. The second-order valence-electron chi connectivity index (χ2n) is 8.22. The number of pyridine rings is 1. The predicted octanol–water partition coefficient (Wildman–Crippen LogP) is 3.39. The fourth-order valence-electron chi connectivity index (χ4n) is 3.30. The van der Waals surface area contributed by atoms with Crippen LogP contribution in [0.3, 0.4) is 0 Å². The largest absolute Gasteiger partial charge is 0.389 e. The standard InChI is InChI=1S/C20H23FIN5O2/c1-20(2,3)11-4-5-13(23-8-11)18-17(22)16(21)14-9-24-19(26-27(14)18)25-12-6-7-29-10-15(12)28/h4-5,8-9,12,15,28H,6-7,10H2,1-3H3,(H,25,26)/t12-,15-/m1/s1. The number of anilines is 1. The van der Waals surface area contributed by atoms with E-state index in [1.807, 2.05) is 40.9 Å². The Bertz CT molecular complexity index is 1030. The summed E-state index contributed by atoms with van der Waals surface area (Å²) in [6.07, 6.45) is 3.27. The Morgan fingerprint density at radius 2 is 2.07 bits per heavy atom. The molecule has 0 aromatic carbocycles. The number of hydrogen-bond donors (Lipinski definition) is 2. The fourth-order valence-corrected chi connectivity index (χ4v) is 4.08. The normalized spacial score (nSPS) is 20.2. The summed E-state index contributed by atoms with van der Waals surface area (Å²) in [7, 11) is 0. The minimum absolute atomic E-state index is 0.0189. The van der Waals surface area contributed by atoms with E-state index in [2.05, 4.69) is 41.2 Å². The molecule has 0 amide bonds. The number of aliphatic hydroxyl groups is 1. The first-order chi connectivity index (χ1) is 13.8. The molecule has 2 N–H and O–H groups in total. The van der Waals surface area contributed by atoms with E-state index in [4.69, 9.17) is 4.74 Å². The minimum atomic E-state index is -0.643. The molecule has 0 radical (unpaired) electrons. The Labute approximate surface area is 181 Å². The minimum Gasteiger partial charge on any atom is -0.389 e. The molecule has 0 aliphatic carbocycles. The number of halogens is 2. The van der Waals surface area contributed by atoms with Gasteiger partial charge in [0.05, 0.1) is 34.2 Å². The van der Waals surface area contributed by atoms with E-state index < -0.39 is 6.10 Å². The molecule has 154 valence electrons. The monoisotopic (exact) mass is 511 g/mol. The highest BCUT2D eigenvalue weighted by Crippen LogP contribution is 2.31. The van der Waals surface area contributed by atoms with Crippen molar-refractivity contribution in [2.75, 3.05) is 18.5 Å². The zero-order valence-electron chi connectivity index (χ0n) is 16.5. The highest BCUT2D eigenvalue weighted by atomic mass is 127. The SMILES string of the molecule is CC(C)(C)c1ccc(-c2c(I)c(F)c3cnc(N[C@@H]4CCOC[C@H]4O)nn23)nc1. The van der Waals surface area contributed by atoms with Crippen molar-refractivity contribution in [2.45, 2.75) is 44.8 Å². The third-order valence-electron chi connectivity index (χ3n) is 5.08. The molecule has 29 heavy (non-hydrogen) atoms. The molecule has 4 rings (SSSR count). The van der Waals surface area contributed by atoms with E-state index in [9.17, 15) is 9.50 Å². The quantitative estimate of drug-likeness (QED) is 0.525. The molecule has 0 spiro atoms. The van der Waals surface area contributed by atoms with Crippen LogP contribution in [0.15, 0.2) is 24.5 Å². The average molecular weight is 511 g/mol. The summed E-state index contributed by atoms with van der Waals surface area (Å²) >= 11 is 1.98. The van der Waals surface area contributed by atoms with Gasteiger partial charge in [-0.2, -0.15) is 0 Å². The number of ether oxygens (including phenoxy) is 1. The number of hydrogen-bond acceptors (Lipinski definition) is 6. The molecular weight excluding hydrogens is 488 g/mol. The molecule has 1 aliphatic heterocycles. The van der Waals surface area contributed by atoms with Crippen LogP contribution in [-0.2, 0) is 10.2 Å². The van der Waals surface area contributed by atoms with Crippen molar-refractivity contribution in [3.8, 4) is 11.4 Å². The molecule has 1 fully saturated rings. The van der Waals surface area contributed by atoms with Gasteiger partial charge < -0.3 is 15.2 Å². The van der Waals surface area contributed by atoms with Crippen LogP contribution in [0, 0.1) is 9.39 Å². The second-order valence-corrected chi connectivity index (χ2v) is 9.30. The van der Waals surface area contributed by atoms with E-state index in [1.54, 1.807) is 0 Å². The lowest BCUT2D eigenvalue weighted by Crippen LogP contribution is -2.42. The highest BCUT2D eigenvalue weighted by Gasteiger charge is 2.26. The molecule has 1 aliphatic rings. The van der Waals surface area contributed by atoms with Crippen LogP contribution in [0.25, 0.3) is 16.9 Å². The van der Waals surface area contributed by atoms with E-state index >= 15 is 0 Å². The third-order valence-corrected chi connectivity index (χ3v) is 6.07. The Hall–Kier alpha value is -1.85. The van der Waals surface area contributed by atoms with Gasteiger partial charge in [-0.25, -0.2) is 13.9 Å². The summed E-state index contributed by atoms with van der Waals surface area (Å²) < 4.78 is 22.0. The van der Waals surface area contributed by atoms with Crippen molar-refractivity contribution in [1.82, 2.24) is 19.6 Å². The summed E-state index contributed by atoms with van der Waals surface area (Å²) in [6, 6.07) is 3.68. The molecule has 0 bridgehead atoms. The van der Waals surface area contributed by atoms with Crippen LogP contribution in [0.5, 0.6) is 0 Å². The van der Waals surface area contributed by atoms with Crippen molar-refractivity contribution in [2.24, 2.45) is 0 Å². The van der Waals surface area contributed by atoms with Crippen molar-refractivity contribution in [1.29, 1.82) is 0 Å². The highest BCUT2D eigenvalue weighted by molar-refractivity contribution is 14.1. The number of nitrogens with zero attached hydrogens (tertiary/aromatic N) is 4. The average Bonchev–Trinajstić information content (AvgIpc) is 2.93. The molecule has 3 aromatic heterocycles. The van der Waals surface area contributed by atoms with E-state index in [0.29, 0.717) is 33.9 Å². The number of rotatable bonds is 3. The summed E-state index contributed by atoms with van der Waals surface area (Å²) in [5, 5.41) is 17.7. The summed E-state index contributed by atoms with van der Waals surface area (Å²) in [5.41, 5.74) is 2.58. The van der Waals surface area contributed by atoms with E-state index in [1.165, 1.54) is 10.7 Å². The van der Waals surface area contributed by atoms with Gasteiger partial charge in [-0.05, 0) is 46.1 Å². The summed E-state index contributed by atoms with van der Waals surface area (Å²) in [6.45, 7) is 7.19. The predicted molar refractivity (Wildman–Crippen MR) is 116 cm³/mol. The maximum atomic E-state index is 14.8. The molecule has 9 heteroatoms. The Kier molecular flexibility index (Phi) is 5.47. The summed E-state index contributed by atoms with van der Waals surface area (Å²) in [4.78, 5) is 8.80. The topological polar surface area (TPSA) is 84.6 Å². The van der Waals surface area contributed by atoms with Crippen LogP contribution in [0.2, 0.25) is 0 Å². The van der Waals surface area contributed by atoms with Crippen LogP contribution in [-0.4, -0.2) is 50.0 Å². The Morgan fingerprint density at radius 1 is 1.28 bits per heavy atom. The third kappa shape index (κ3) is 3.95. The zero-order valence-corrected chi connectivity index (χ0v) is 18.6. The second kappa shape index (κ2) is 7.77. The number of fused-ring (bicyclic) bond motifs is 1. The fraction of sp³-hybridized carbons (Fsp3) is 0.450. The van der Waals surface area contributed by atoms with Gasteiger partial charge in [0, 0.05) is 12.8 Å². The smallest absolute Gasteiger partial charge is 0.241 e. The molecule has 1 saturated heterocycles. The van der Waals surface area contributed by atoms with Gasteiger partial charge in [-0.3, -0.25) is 4.98 Å². The van der Waals surface area contributed by atoms with Crippen LogP contribution < -0.4 is 5.32 Å². The lowest BCUT2D eigenvalue weighted by molar-refractivity contribution is -0.0136. The van der Waals surface area contributed by atoms with Gasteiger partial charge in [-0.15, -0.1) is 5.10 Å². The van der Waals surface area contributed by atoms with E-state index in [0.717, 1.165) is 5.56 Å². The van der Waals surface area contributed by atoms with Crippen LogP contribution >= 0.6 is 22.6 Å². The van der Waals surface area contributed by atoms with Crippen molar-refractivity contribution in [3.63, 3.8) is 0 Å². The van der Waals surface area contributed by atoms with Crippen LogP contribution in [0.4, 0.5) is 10.3 Å². The summed E-state index contributed by atoms with van der Waals surface area (Å²) in [5.74, 6) is -0.0534. The Morgan fingerprint density at radius 3 is 2.72 bits per heavy atom.